The van der Waals surface area contributed by atoms with Crippen LogP contribution in [0.1, 0.15) is 37.4 Å². The number of anilines is 2. The van der Waals surface area contributed by atoms with Crippen molar-refractivity contribution in [2.75, 3.05) is 44.0 Å². The van der Waals surface area contributed by atoms with Gasteiger partial charge in [0.1, 0.15) is 28.3 Å². The highest BCUT2D eigenvalue weighted by Gasteiger charge is 2.38. The fraction of sp³-hybridized carbons (Fsp3) is 0.500. The fourth-order valence-electron chi connectivity index (χ4n) is 4.81. The Bertz CT molecular complexity index is 1360. The van der Waals surface area contributed by atoms with Gasteiger partial charge in [0, 0.05) is 26.1 Å². The molecule has 2 fully saturated rings. The van der Waals surface area contributed by atoms with E-state index in [1.165, 1.54) is 21.3 Å². The third-order valence-electron chi connectivity index (χ3n) is 7.05. The van der Waals surface area contributed by atoms with Gasteiger partial charge in [0.25, 0.3) is 0 Å². The van der Waals surface area contributed by atoms with E-state index in [-0.39, 0.29) is 30.8 Å². The quantitative estimate of drug-likeness (QED) is 0.426. The molecule has 0 bridgehead atoms. The Balaban J connectivity index is 1.51. The number of piperidine rings is 1. The topological polar surface area (TPSA) is 134 Å². The number of rotatable bonds is 9. The van der Waals surface area contributed by atoms with Gasteiger partial charge in [-0.2, -0.15) is 0 Å². The Morgan fingerprint density at radius 3 is 2.29 bits per heavy atom. The minimum absolute atomic E-state index is 0.0406. The minimum Gasteiger partial charge on any atom is -0.494 e. The molecule has 5 rings (SSSR count). The minimum atomic E-state index is -4.01. The Labute approximate surface area is 220 Å². The number of hydrogen-bond acceptors (Lipinski definition) is 10. The number of para-hydroxylation sites is 1. The lowest BCUT2D eigenvalue weighted by Crippen LogP contribution is -2.51. The smallest absolute Gasteiger partial charge is 0.243 e. The molecular formula is C24H30FN7O5S. The summed E-state index contributed by atoms with van der Waals surface area (Å²) in [6.07, 6.45) is 4.84. The number of benzene rings is 1. The molecule has 2 aliphatic rings. The van der Waals surface area contributed by atoms with Crippen LogP contribution in [0.3, 0.4) is 0 Å². The standard InChI is InChI=1S/C24H30FN7O5S/c1-35-17-10-18(14-31(13-17)23-26-11-16(25)12-27-23)38(33,34)30-24-29-28-22(15-6-4-7-15)32(24)21-19(36-2)8-5-9-20(21)37-3/h5,8-9,11-12,15,17-18H,4,6-7,10,13-14H2,1-3H3,(H,29,30)/t17-,18+/m1/s1. The zero-order valence-corrected chi connectivity index (χ0v) is 22.2. The summed E-state index contributed by atoms with van der Waals surface area (Å²) >= 11 is 0. The predicted octanol–water partition coefficient (Wildman–Crippen LogP) is 2.52. The van der Waals surface area contributed by atoms with E-state index >= 15 is 0 Å². The second kappa shape index (κ2) is 10.7. The van der Waals surface area contributed by atoms with E-state index in [1.54, 1.807) is 27.7 Å². The molecule has 38 heavy (non-hydrogen) atoms. The number of hydrogen-bond donors (Lipinski definition) is 1. The molecular weight excluding hydrogens is 517 g/mol. The molecule has 2 atom stereocenters. The summed E-state index contributed by atoms with van der Waals surface area (Å²) in [6, 6.07) is 5.33. The van der Waals surface area contributed by atoms with Crippen LogP contribution in [0.4, 0.5) is 16.3 Å². The maximum absolute atomic E-state index is 13.8. The van der Waals surface area contributed by atoms with Gasteiger partial charge in [-0.15, -0.1) is 10.2 Å². The molecule has 1 aliphatic carbocycles. The van der Waals surface area contributed by atoms with Crippen LogP contribution in [0.25, 0.3) is 5.69 Å². The summed E-state index contributed by atoms with van der Waals surface area (Å²) in [4.78, 5) is 9.71. The van der Waals surface area contributed by atoms with E-state index in [4.69, 9.17) is 14.2 Å². The number of methoxy groups -OCH3 is 3. The van der Waals surface area contributed by atoms with E-state index in [1.807, 2.05) is 0 Å². The molecule has 3 aromatic rings. The van der Waals surface area contributed by atoms with Gasteiger partial charge < -0.3 is 19.1 Å². The van der Waals surface area contributed by atoms with Crippen molar-refractivity contribution in [3.63, 3.8) is 0 Å². The maximum atomic E-state index is 13.8. The van der Waals surface area contributed by atoms with Crippen LogP contribution >= 0.6 is 0 Å². The molecule has 1 aliphatic heterocycles. The molecule has 12 nitrogen and oxygen atoms in total. The van der Waals surface area contributed by atoms with Crippen molar-refractivity contribution in [2.45, 2.75) is 43.0 Å². The van der Waals surface area contributed by atoms with Crippen LogP contribution < -0.4 is 19.1 Å². The molecule has 1 saturated carbocycles. The highest BCUT2D eigenvalue weighted by Crippen LogP contribution is 2.42. The Kier molecular flexibility index (Phi) is 7.34. The van der Waals surface area contributed by atoms with Crippen molar-refractivity contribution >= 4 is 21.9 Å². The molecule has 1 saturated heterocycles. The van der Waals surface area contributed by atoms with Crippen molar-refractivity contribution < 1.29 is 27.0 Å². The second-order valence-corrected chi connectivity index (χ2v) is 11.3. The summed E-state index contributed by atoms with van der Waals surface area (Å²) in [5, 5.41) is 7.74. The lowest BCUT2D eigenvalue weighted by atomic mass is 9.85. The molecule has 1 N–H and O–H groups in total. The lowest BCUT2D eigenvalue weighted by molar-refractivity contribution is 0.0898. The maximum Gasteiger partial charge on any atom is 0.243 e. The van der Waals surface area contributed by atoms with Crippen LogP contribution in [-0.4, -0.2) is 78.9 Å². The van der Waals surface area contributed by atoms with E-state index in [2.05, 4.69) is 24.9 Å². The molecule has 0 radical (unpaired) electrons. The van der Waals surface area contributed by atoms with Crippen molar-refractivity contribution in [1.29, 1.82) is 0 Å². The van der Waals surface area contributed by atoms with Crippen LogP contribution in [0.5, 0.6) is 11.5 Å². The lowest BCUT2D eigenvalue weighted by Gasteiger charge is -2.36. The first kappa shape index (κ1) is 26.1. The average Bonchev–Trinajstić information content (AvgIpc) is 3.28. The summed E-state index contributed by atoms with van der Waals surface area (Å²) in [7, 11) is 0.587. The normalized spacial score (nSPS) is 20.2. The summed E-state index contributed by atoms with van der Waals surface area (Å²) < 4.78 is 62.0. The van der Waals surface area contributed by atoms with Crippen LogP contribution in [0, 0.1) is 5.82 Å². The van der Waals surface area contributed by atoms with Gasteiger partial charge in [0.15, 0.2) is 5.82 Å². The zero-order chi connectivity index (χ0) is 26.9. The van der Waals surface area contributed by atoms with E-state index < -0.39 is 27.2 Å². The van der Waals surface area contributed by atoms with Gasteiger partial charge in [-0.3, -0.25) is 9.29 Å². The van der Waals surface area contributed by atoms with Gasteiger partial charge in [0.05, 0.1) is 32.7 Å². The summed E-state index contributed by atoms with van der Waals surface area (Å²) in [5.74, 6) is 1.43. The van der Waals surface area contributed by atoms with Crippen molar-refractivity contribution in [3.8, 4) is 17.2 Å². The van der Waals surface area contributed by atoms with E-state index in [9.17, 15) is 12.8 Å². The molecule has 2 aromatic heterocycles. The number of nitrogens with one attached hydrogen (secondary N) is 1. The third kappa shape index (κ3) is 4.97. The highest BCUT2D eigenvalue weighted by atomic mass is 32.2. The van der Waals surface area contributed by atoms with Crippen LogP contribution in [-0.2, 0) is 14.8 Å². The Morgan fingerprint density at radius 2 is 1.71 bits per heavy atom. The van der Waals surface area contributed by atoms with Crippen LogP contribution in [0.2, 0.25) is 0 Å². The first-order chi connectivity index (χ1) is 18.3. The Morgan fingerprint density at radius 1 is 1.03 bits per heavy atom. The number of nitrogens with zero attached hydrogens (tertiary/aromatic N) is 6. The first-order valence-corrected chi connectivity index (χ1v) is 13.8. The van der Waals surface area contributed by atoms with Crippen molar-refractivity contribution in [2.24, 2.45) is 0 Å². The van der Waals surface area contributed by atoms with E-state index in [0.717, 1.165) is 31.7 Å². The second-order valence-electron chi connectivity index (χ2n) is 9.32. The SMILES string of the molecule is COc1cccc(OC)c1-n1c(NS(=O)(=O)[C@H]2C[C@@H](OC)CN(c3ncc(F)cn3)C2)nnc1C1CCC1. The summed E-state index contributed by atoms with van der Waals surface area (Å²) in [5.41, 5.74) is 0.516. The average molecular weight is 548 g/mol. The third-order valence-corrected chi connectivity index (χ3v) is 8.74. The van der Waals surface area contributed by atoms with Gasteiger partial charge >= 0.3 is 0 Å². The molecule has 204 valence electrons. The number of aromatic nitrogens is 5. The monoisotopic (exact) mass is 547 g/mol. The number of halogens is 1. The first-order valence-electron chi connectivity index (χ1n) is 12.3. The van der Waals surface area contributed by atoms with Crippen molar-refractivity contribution in [3.05, 3.63) is 42.2 Å². The predicted molar refractivity (Wildman–Crippen MR) is 137 cm³/mol. The number of ether oxygens (including phenoxy) is 3. The Hall–Kier alpha value is -3.52. The fourth-order valence-corrected chi connectivity index (χ4v) is 6.21. The summed E-state index contributed by atoms with van der Waals surface area (Å²) in [6.45, 7) is 0.455. The molecule has 0 unspecified atom stereocenters. The number of sulfonamides is 1. The van der Waals surface area contributed by atoms with Gasteiger partial charge in [-0.05, 0) is 31.4 Å². The largest absolute Gasteiger partial charge is 0.494 e. The van der Waals surface area contributed by atoms with Gasteiger partial charge in [-0.25, -0.2) is 22.8 Å². The van der Waals surface area contributed by atoms with E-state index in [0.29, 0.717) is 29.6 Å². The van der Waals surface area contributed by atoms with Gasteiger partial charge in [-0.1, -0.05) is 12.5 Å². The zero-order valence-electron chi connectivity index (χ0n) is 21.4. The van der Waals surface area contributed by atoms with Crippen LogP contribution in [0.15, 0.2) is 30.6 Å². The molecule has 0 amide bonds. The molecule has 0 spiro atoms. The van der Waals surface area contributed by atoms with Gasteiger partial charge in [0.2, 0.25) is 21.9 Å². The molecule has 1 aromatic carbocycles. The highest BCUT2D eigenvalue weighted by molar-refractivity contribution is 7.93. The molecule has 14 heteroatoms. The van der Waals surface area contributed by atoms with Crippen molar-refractivity contribution in [1.82, 2.24) is 24.7 Å². The molecule has 3 heterocycles.